The van der Waals surface area contributed by atoms with Crippen molar-refractivity contribution in [1.29, 1.82) is 0 Å². The van der Waals surface area contributed by atoms with Crippen molar-refractivity contribution in [3.8, 4) is 11.4 Å². The molecule has 0 amide bonds. The minimum atomic E-state index is 0.704. The Bertz CT molecular complexity index is 513. The lowest BCUT2D eigenvalue weighted by atomic mass is 10.1. The smallest absolute Gasteiger partial charge is 0.163 e. The summed E-state index contributed by atoms with van der Waals surface area (Å²) in [5.74, 6) is 1.55. The summed E-state index contributed by atoms with van der Waals surface area (Å²) in [4.78, 5) is 12.9. The molecule has 0 fully saturated rings. The van der Waals surface area contributed by atoms with E-state index in [0.717, 1.165) is 20.5 Å². The van der Waals surface area contributed by atoms with Crippen LogP contribution < -0.4 is 5.32 Å². The van der Waals surface area contributed by atoms with Gasteiger partial charge in [0.1, 0.15) is 5.82 Å². The van der Waals surface area contributed by atoms with Gasteiger partial charge in [0.15, 0.2) is 5.82 Å². The summed E-state index contributed by atoms with van der Waals surface area (Å²) >= 11 is 2.20. The lowest BCUT2D eigenvalue weighted by Gasteiger charge is -2.06. The number of nitrogens with zero attached hydrogens (tertiary/aromatic N) is 3. The maximum absolute atomic E-state index is 4.45. The van der Waals surface area contributed by atoms with Crippen LogP contribution in [-0.2, 0) is 0 Å². The van der Waals surface area contributed by atoms with Crippen LogP contribution in [0, 0.1) is 10.5 Å². The number of pyridine rings is 1. The van der Waals surface area contributed by atoms with E-state index in [-0.39, 0.29) is 0 Å². The zero-order valence-corrected chi connectivity index (χ0v) is 11.2. The first-order valence-electron chi connectivity index (χ1n) is 4.83. The molecular weight excluding hydrogens is 315 g/mol. The van der Waals surface area contributed by atoms with Gasteiger partial charge in [-0.15, -0.1) is 0 Å². The van der Waals surface area contributed by atoms with E-state index in [0.29, 0.717) is 5.82 Å². The fraction of sp³-hybridized carbons (Fsp3) is 0.182. The summed E-state index contributed by atoms with van der Waals surface area (Å²) < 4.78 is 1.00. The van der Waals surface area contributed by atoms with Crippen molar-refractivity contribution in [3.63, 3.8) is 0 Å². The number of rotatable bonds is 2. The fourth-order valence-electron chi connectivity index (χ4n) is 1.37. The topological polar surface area (TPSA) is 50.7 Å². The highest BCUT2D eigenvalue weighted by Crippen LogP contribution is 2.21. The van der Waals surface area contributed by atoms with Crippen molar-refractivity contribution >= 4 is 28.4 Å². The van der Waals surface area contributed by atoms with E-state index < -0.39 is 0 Å². The quantitative estimate of drug-likeness (QED) is 0.862. The van der Waals surface area contributed by atoms with Crippen LogP contribution >= 0.6 is 22.6 Å². The molecule has 0 spiro atoms. The normalized spacial score (nSPS) is 10.2. The Morgan fingerprint density at radius 2 is 2.12 bits per heavy atom. The number of nitrogens with one attached hydrogen (secondary N) is 1. The molecule has 2 aromatic heterocycles. The largest absolute Gasteiger partial charge is 0.372 e. The van der Waals surface area contributed by atoms with Gasteiger partial charge in [0, 0.05) is 31.2 Å². The standard InChI is InChI=1S/C11H11IN4/c1-7-3-4-14-5-8(7)10-15-6-9(12)11(13-2)16-10/h3-6H,1-2H3,(H,13,15,16). The number of aromatic nitrogens is 3. The lowest BCUT2D eigenvalue weighted by Crippen LogP contribution is -2.00. The highest BCUT2D eigenvalue weighted by atomic mass is 127. The molecule has 2 heterocycles. The zero-order chi connectivity index (χ0) is 11.5. The van der Waals surface area contributed by atoms with Crippen LogP contribution in [0.5, 0.6) is 0 Å². The van der Waals surface area contributed by atoms with Crippen molar-refractivity contribution < 1.29 is 0 Å². The summed E-state index contributed by atoms with van der Waals surface area (Å²) in [5, 5.41) is 3.05. The molecule has 0 saturated heterocycles. The van der Waals surface area contributed by atoms with Crippen LogP contribution in [0.3, 0.4) is 0 Å². The van der Waals surface area contributed by atoms with Gasteiger partial charge in [0.05, 0.1) is 3.57 Å². The molecule has 0 aliphatic rings. The van der Waals surface area contributed by atoms with Gasteiger partial charge in [-0.05, 0) is 41.1 Å². The van der Waals surface area contributed by atoms with Crippen molar-refractivity contribution in [2.45, 2.75) is 6.92 Å². The molecule has 0 radical (unpaired) electrons. The molecule has 16 heavy (non-hydrogen) atoms. The molecule has 0 bridgehead atoms. The third-order valence-electron chi connectivity index (χ3n) is 2.26. The third kappa shape index (κ3) is 2.13. The second kappa shape index (κ2) is 4.73. The molecule has 0 aliphatic carbocycles. The van der Waals surface area contributed by atoms with Gasteiger partial charge in [0.2, 0.25) is 0 Å². The fourth-order valence-corrected chi connectivity index (χ4v) is 1.90. The highest BCUT2D eigenvalue weighted by molar-refractivity contribution is 14.1. The van der Waals surface area contributed by atoms with Crippen LogP contribution in [0.1, 0.15) is 5.56 Å². The molecule has 0 aromatic carbocycles. The average molecular weight is 326 g/mol. The first kappa shape index (κ1) is 11.3. The Labute approximate surface area is 108 Å². The van der Waals surface area contributed by atoms with Gasteiger partial charge >= 0.3 is 0 Å². The van der Waals surface area contributed by atoms with Crippen LogP contribution in [0.4, 0.5) is 5.82 Å². The monoisotopic (exact) mass is 326 g/mol. The number of halogens is 1. The van der Waals surface area contributed by atoms with E-state index in [9.17, 15) is 0 Å². The van der Waals surface area contributed by atoms with E-state index in [1.165, 1.54) is 0 Å². The molecule has 4 nitrogen and oxygen atoms in total. The molecule has 0 aliphatic heterocycles. The molecule has 2 aromatic rings. The summed E-state index contributed by atoms with van der Waals surface area (Å²) in [6.07, 6.45) is 5.36. The maximum Gasteiger partial charge on any atom is 0.163 e. The predicted octanol–water partition coefficient (Wildman–Crippen LogP) is 2.49. The molecule has 5 heteroatoms. The van der Waals surface area contributed by atoms with Crippen molar-refractivity contribution in [3.05, 3.63) is 33.8 Å². The second-order valence-corrected chi connectivity index (χ2v) is 4.49. The van der Waals surface area contributed by atoms with Gasteiger partial charge in [-0.1, -0.05) is 0 Å². The van der Waals surface area contributed by atoms with Gasteiger partial charge < -0.3 is 5.32 Å². The van der Waals surface area contributed by atoms with E-state index in [4.69, 9.17) is 0 Å². The van der Waals surface area contributed by atoms with Crippen molar-refractivity contribution in [2.24, 2.45) is 0 Å². The number of hydrogen-bond acceptors (Lipinski definition) is 4. The molecule has 0 saturated carbocycles. The minimum absolute atomic E-state index is 0.704. The molecular formula is C11H11IN4. The van der Waals surface area contributed by atoms with Crippen molar-refractivity contribution in [2.75, 3.05) is 12.4 Å². The maximum atomic E-state index is 4.45. The van der Waals surface area contributed by atoms with Gasteiger partial charge in [-0.3, -0.25) is 4.98 Å². The Kier molecular flexibility index (Phi) is 3.33. The Morgan fingerprint density at radius 3 is 2.81 bits per heavy atom. The zero-order valence-electron chi connectivity index (χ0n) is 9.03. The minimum Gasteiger partial charge on any atom is -0.372 e. The summed E-state index contributed by atoms with van der Waals surface area (Å²) in [5.41, 5.74) is 2.09. The number of aryl methyl sites for hydroxylation is 1. The van der Waals surface area contributed by atoms with Crippen LogP contribution in [0.15, 0.2) is 24.7 Å². The first-order valence-corrected chi connectivity index (χ1v) is 5.91. The third-order valence-corrected chi connectivity index (χ3v) is 3.05. The molecule has 82 valence electrons. The summed E-state index contributed by atoms with van der Waals surface area (Å²) in [6, 6.07) is 1.95. The van der Waals surface area contributed by atoms with E-state index in [2.05, 4.69) is 42.9 Å². The molecule has 0 atom stereocenters. The second-order valence-electron chi connectivity index (χ2n) is 3.33. The summed E-state index contributed by atoms with van der Waals surface area (Å²) in [6.45, 7) is 2.03. The van der Waals surface area contributed by atoms with E-state index in [1.807, 2.05) is 20.0 Å². The van der Waals surface area contributed by atoms with Crippen LogP contribution in [0.25, 0.3) is 11.4 Å². The predicted molar refractivity (Wildman–Crippen MR) is 72.3 cm³/mol. The van der Waals surface area contributed by atoms with E-state index in [1.54, 1.807) is 18.6 Å². The lowest BCUT2D eigenvalue weighted by molar-refractivity contribution is 1.13. The van der Waals surface area contributed by atoms with Crippen LogP contribution in [-0.4, -0.2) is 22.0 Å². The average Bonchev–Trinajstić information content (AvgIpc) is 2.31. The van der Waals surface area contributed by atoms with E-state index >= 15 is 0 Å². The van der Waals surface area contributed by atoms with Gasteiger partial charge in [0.25, 0.3) is 0 Å². The summed E-state index contributed by atoms with van der Waals surface area (Å²) in [7, 11) is 1.85. The Morgan fingerprint density at radius 1 is 1.31 bits per heavy atom. The Balaban J connectivity index is 2.53. The molecule has 2 rings (SSSR count). The number of hydrogen-bond donors (Lipinski definition) is 1. The Hall–Kier alpha value is -1.24. The van der Waals surface area contributed by atoms with Gasteiger partial charge in [-0.2, -0.15) is 0 Å². The van der Waals surface area contributed by atoms with Gasteiger partial charge in [-0.25, -0.2) is 9.97 Å². The molecule has 0 unspecified atom stereocenters. The SMILES string of the molecule is CNc1nc(-c2cnccc2C)ncc1I. The molecule has 1 N–H and O–H groups in total. The highest BCUT2D eigenvalue weighted by Gasteiger charge is 2.07. The first-order chi connectivity index (χ1) is 7.72. The number of anilines is 1. The van der Waals surface area contributed by atoms with Crippen LogP contribution in [0.2, 0.25) is 0 Å². The van der Waals surface area contributed by atoms with Crippen molar-refractivity contribution in [1.82, 2.24) is 15.0 Å².